The molecule has 1 fully saturated rings. The summed E-state index contributed by atoms with van der Waals surface area (Å²) in [6.07, 6.45) is 2.71. The molecule has 2 rings (SSSR count). The summed E-state index contributed by atoms with van der Waals surface area (Å²) in [5.41, 5.74) is 6.39. The predicted octanol–water partition coefficient (Wildman–Crippen LogP) is 0.845. The van der Waals surface area contributed by atoms with Gasteiger partial charge in [0, 0.05) is 49.7 Å². The van der Waals surface area contributed by atoms with Crippen LogP contribution in [0.4, 0.5) is 5.69 Å². The van der Waals surface area contributed by atoms with Crippen LogP contribution in [0.3, 0.4) is 0 Å². The molecule has 0 amide bonds. The molecular formula is C15H26N4O. The van der Waals surface area contributed by atoms with Gasteiger partial charge in [0.25, 0.3) is 5.56 Å². The molecule has 1 aliphatic rings. The van der Waals surface area contributed by atoms with Gasteiger partial charge in [-0.2, -0.15) is 0 Å². The fraction of sp³-hybridized carbons (Fsp3) is 0.667. The van der Waals surface area contributed by atoms with Gasteiger partial charge >= 0.3 is 0 Å². The van der Waals surface area contributed by atoms with Crippen molar-refractivity contribution in [3.05, 3.63) is 28.7 Å². The Morgan fingerprint density at radius 1 is 1.20 bits per heavy atom. The van der Waals surface area contributed by atoms with E-state index in [0.29, 0.717) is 17.8 Å². The molecule has 1 saturated heterocycles. The molecule has 2 heterocycles. The Balaban J connectivity index is 1.84. The number of aromatic nitrogens is 1. The topological polar surface area (TPSA) is 54.5 Å². The zero-order chi connectivity index (χ0) is 14.7. The maximum atomic E-state index is 11.7. The molecule has 1 aliphatic heterocycles. The van der Waals surface area contributed by atoms with Crippen molar-refractivity contribution in [1.29, 1.82) is 0 Å². The number of likely N-dealkylation sites (N-methyl/N-ethyl adjacent to an activating group) is 1. The van der Waals surface area contributed by atoms with Crippen molar-refractivity contribution in [3.8, 4) is 0 Å². The molecule has 0 saturated carbocycles. The van der Waals surface area contributed by atoms with Crippen LogP contribution >= 0.6 is 0 Å². The highest BCUT2D eigenvalue weighted by molar-refractivity contribution is 5.33. The van der Waals surface area contributed by atoms with Crippen LogP contribution in [0.15, 0.2) is 23.1 Å². The van der Waals surface area contributed by atoms with E-state index in [-0.39, 0.29) is 5.56 Å². The van der Waals surface area contributed by atoms with Crippen LogP contribution in [0.2, 0.25) is 0 Å². The van der Waals surface area contributed by atoms with E-state index in [0.717, 1.165) is 32.6 Å². The number of aryl methyl sites for hydroxylation is 1. The number of rotatable bonds is 4. The monoisotopic (exact) mass is 278 g/mol. The van der Waals surface area contributed by atoms with Crippen molar-refractivity contribution in [2.75, 3.05) is 32.4 Å². The fourth-order valence-electron chi connectivity index (χ4n) is 2.89. The van der Waals surface area contributed by atoms with Crippen LogP contribution in [-0.2, 0) is 6.54 Å². The third-order valence-electron chi connectivity index (χ3n) is 4.32. The van der Waals surface area contributed by atoms with Gasteiger partial charge in [0.15, 0.2) is 0 Å². The Kier molecular flexibility index (Phi) is 4.83. The number of anilines is 1. The normalized spacial score (nSPS) is 24.9. The van der Waals surface area contributed by atoms with Crippen molar-refractivity contribution in [1.82, 2.24) is 14.4 Å². The summed E-state index contributed by atoms with van der Waals surface area (Å²) in [6, 6.07) is 4.38. The standard InChI is InChI=1S/C15H26N4O/c1-12-9-18(10-13(2)17(12)3)7-4-8-19-11-14(16)5-6-15(19)20/h5-6,11-13H,4,7-10,16H2,1-3H3. The van der Waals surface area contributed by atoms with Gasteiger partial charge in [-0.25, -0.2) is 0 Å². The summed E-state index contributed by atoms with van der Waals surface area (Å²) in [5.74, 6) is 0. The molecule has 0 aliphatic carbocycles. The minimum Gasteiger partial charge on any atom is -0.398 e. The molecule has 5 nitrogen and oxygen atoms in total. The minimum absolute atomic E-state index is 0.0271. The summed E-state index contributed by atoms with van der Waals surface area (Å²) >= 11 is 0. The number of pyridine rings is 1. The first-order chi connectivity index (χ1) is 9.47. The van der Waals surface area contributed by atoms with E-state index >= 15 is 0 Å². The second-order valence-electron chi connectivity index (χ2n) is 5.97. The van der Waals surface area contributed by atoms with Crippen LogP contribution in [0.5, 0.6) is 0 Å². The first-order valence-corrected chi connectivity index (χ1v) is 7.37. The lowest BCUT2D eigenvalue weighted by Crippen LogP contribution is -2.55. The molecule has 2 N–H and O–H groups in total. The van der Waals surface area contributed by atoms with E-state index in [1.165, 1.54) is 6.07 Å². The molecular weight excluding hydrogens is 252 g/mol. The van der Waals surface area contributed by atoms with Gasteiger partial charge in [0.2, 0.25) is 0 Å². The smallest absolute Gasteiger partial charge is 0.250 e. The summed E-state index contributed by atoms with van der Waals surface area (Å²) in [6.45, 7) is 8.51. The summed E-state index contributed by atoms with van der Waals surface area (Å²) in [5, 5.41) is 0. The molecule has 112 valence electrons. The largest absolute Gasteiger partial charge is 0.398 e. The van der Waals surface area contributed by atoms with Crippen LogP contribution in [0.25, 0.3) is 0 Å². The predicted molar refractivity (Wildman–Crippen MR) is 82.9 cm³/mol. The average molecular weight is 278 g/mol. The van der Waals surface area contributed by atoms with Gasteiger partial charge in [-0.05, 0) is 39.9 Å². The number of hydrogen-bond acceptors (Lipinski definition) is 4. The maximum absolute atomic E-state index is 11.7. The van der Waals surface area contributed by atoms with Crippen molar-refractivity contribution in [3.63, 3.8) is 0 Å². The highest BCUT2D eigenvalue weighted by atomic mass is 16.1. The maximum Gasteiger partial charge on any atom is 0.250 e. The van der Waals surface area contributed by atoms with Gasteiger partial charge in [-0.3, -0.25) is 9.69 Å². The fourth-order valence-corrected chi connectivity index (χ4v) is 2.89. The Morgan fingerprint density at radius 3 is 2.50 bits per heavy atom. The van der Waals surface area contributed by atoms with Crippen molar-refractivity contribution >= 4 is 5.69 Å². The van der Waals surface area contributed by atoms with Gasteiger partial charge in [-0.1, -0.05) is 0 Å². The van der Waals surface area contributed by atoms with E-state index in [9.17, 15) is 4.79 Å². The van der Waals surface area contributed by atoms with Gasteiger partial charge in [0.05, 0.1) is 0 Å². The third kappa shape index (κ3) is 3.61. The highest BCUT2D eigenvalue weighted by Crippen LogP contribution is 2.13. The number of nitrogens with zero attached hydrogens (tertiary/aromatic N) is 3. The molecule has 1 aromatic heterocycles. The van der Waals surface area contributed by atoms with Crippen LogP contribution in [0.1, 0.15) is 20.3 Å². The third-order valence-corrected chi connectivity index (χ3v) is 4.32. The number of hydrogen-bond donors (Lipinski definition) is 1. The van der Waals surface area contributed by atoms with Crippen LogP contribution in [-0.4, -0.2) is 53.1 Å². The van der Waals surface area contributed by atoms with Crippen molar-refractivity contribution in [2.24, 2.45) is 0 Å². The van der Waals surface area contributed by atoms with Gasteiger partial charge < -0.3 is 15.2 Å². The molecule has 20 heavy (non-hydrogen) atoms. The molecule has 2 atom stereocenters. The van der Waals surface area contributed by atoms with E-state index in [4.69, 9.17) is 5.73 Å². The number of piperazine rings is 1. The van der Waals surface area contributed by atoms with E-state index < -0.39 is 0 Å². The molecule has 0 aromatic carbocycles. The zero-order valence-corrected chi connectivity index (χ0v) is 12.7. The first-order valence-electron chi connectivity index (χ1n) is 7.37. The minimum atomic E-state index is 0.0271. The molecule has 0 bridgehead atoms. The van der Waals surface area contributed by atoms with Crippen LogP contribution in [0, 0.1) is 0 Å². The zero-order valence-electron chi connectivity index (χ0n) is 12.7. The lowest BCUT2D eigenvalue weighted by atomic mass is 10.1. The average Bonchev–Trinajstić information content (AvgIpc) is 2.40. The Labute approximate surface area is 121 Å². The molecule has 0 spiro atoms. The van der Waals surface area contributed by atoms with Crippen molar-refractivity contribution < 1.29 is 0 Å². The van der Waals surface area contributed by atoms with E-state index in [1.807, 2.05) is 0 Å². The number of nitrogens with two attached hydrogens (primary N) is 1. The first kappa shape index (κ1) is 15.1. The van der Waals surface area contributed by atoms with Gasteiger partial charge in [0.1, 0.15) is 0 Å². The van der Waals surface area contributed by atoms with Gasteiger partial charge in [-0.15, -0.1) is 0 Å². The number of nitrogen functional groups attached to an aromatic ring is 1. The summed E-state index contributed by atoms with van der Waals surface area (Å²) < 4.78 is 1.71. The quantitative estimate of drug-likeness (QED) is 0.887. The van der Waals surface area contributed by atoms with E-state index in [1.54, 1.807) is 16.8 Å². The van der Waals surface area contributed by atoms with Crippen LogP contribution < -0.4 is 11.3 Å². The van der Waals surface area contributed by atoms with Crippen molar-refractivity contribution in [2.45, 2.75) is 38.9 Å². The Hall–Kier alpha value is -1.33. The SMILES string of the molecule is CC1CN(CCCn2cc(N)ccc2=O)CC(C)N1C. The summed E-state index contributed by atoms with van der Waals surface area (Å²) in [4.78, 5) is 16.6. The molecule has 2 unspecified atom stereocenters. The summed E-state index contributed by atoms with van der Waals surface area (Å²) in [7, 11) is 2.19. The Morgan fingerprint density at radius 2 is 1.85 bits per heavy atom. The second-order valence-corrected chi connectivity index (χ2v) is 5.97. The lowest BCUT2D eigenvalue weighted by Gasteiger charge is -2.42. The molecule has 1 aromatic rings. The molecule has 0 radical (unpaired) electrons. The van der Waals surface area contributed by atoms with E-state index in [2.05, 4.69) is 30.7 Å². The Bertz CT molecular complexity index is 487. The second kappa shape index (κ2) is 6.41. The highest BCUT2D eigenvalue weighted by Gasteiger charge is 2.25. The molecule has 5 heteroatoms. The lowest BCUT2D eigenvalue weighted by molar-refractivity contribution is 0.0588.